The first-order valence-corrected chi connectivity index (χ1v) is 3.30. The summed E-state index contributed by atoms with van der Waals surface area (Å²) < 4.78 is 37.1. The van der Waals surface area contributed by atoms with Gasteiger partial charge >= 0.3 is 6.18 Å². The van der Waals surface area contributed by atoms with Crippen LogP contribution in [0.1, 0.15) is 11.3 Å². The van der Waals surface area contributed by atoms with Crippen LogP contribution >= 0.6 is 0 Å². The minimum absolute atomic E-state index is 0. The fourth-order valence-corrected chi connectivity index (χ4v) is 0.932. The molecule has 0 saturated heterocycles. The molecule has 1 heterocycles. The second kappa shape index (κ2) is 4.52. The summed E-state index contributed by atoms with van der Waals surface area (Å²) in [5.41, 5.74) is -1.86. The van der Waals surface area contributed by atoms with Crippen molar-refractivity contribution in [3.05, 3.63) is 11.3 Å². The van der Waals surface area contributed by atoms with E-state index >= 15 is 0 Å². The van der Waals surface area contributed by atoms with Crippen LogP contribution in [-0.4, -0.2) is 49.6 Å². The van der Waals surface area contributed by atoms with Gasteiger partial charge in [-0.05, 0) is 0 Å². The number of nitrogens with zero attached hydrogens (tertiary/aromatic N) is 2. The number of rotatable bonds is 1. The molecular weight excluding hydrogens is 212 g/mol. The molecule has 75 valence electrons. The van der Waals surface area contributed by atoms with Gasteiger partial charge in [0.15, 0.2) is 5.69 Å². The summed E-state index contributed by atoms with van der Waals surface area (Å²) in [6, 6.07) is 0. The van der Waals surface area contributed by atoms with Crippen LogP contribution in [0.15, 0.2) is 0 Å². The maximum atomic E-state index is 12.1. The Balaban J connectivity index is 0.00000169. The molecule has 1 radical (unpaired) electrons. The van der Waals surface area contributed by atoms with E-state index < -0.39 is 29.9 Å². The number of aromatic nitrogens is 2. The van der Waals surface area contributed by atoms with Crippen LogP contribution in [0.4, 0.5) is 13.2 Å². The van der Waals surface area contributed by atoms with Crippen LogP contribution < -0.4 is 0 Å². The Labute approximate surface area is 99.6 Å². The van der Waals surface area contributed by atoms with E-state index in [0.29, 0.717) is 4.68 Å². The van der Waals surface area contributed by atoms with E-state index in [1.54, 1.807) is 0 Å². The molecule has 0 spiro atoms. The number of hydrogen-bond donors (Lipinski definition) is 2. The Morgan fingerprint density at radius 1 is 1.43 bits per heavy atom. The predicted molar refractivity (Wildman–Crippen MR) is 41.6 cm³/mol. The van der Waals surface area contributed by atoms with Crippen LogP contribution in [0.25, 0.3) is 0 Å². The summed E-state index contributed by atoms with van der Waals surface area (Å²) in [7, 11) is 1.16. The summed E-state index contributed by atoms with van der Waals surface area (Å²) in [5, 5.41) is 20.6. The smallest absolute Gasteiger partial charge is 0.435 e. The number of halogens is 3. The van der Waals surface area contributed by atoms with E-state index in [4.69, 9.17) is 10.2 Å². The molecule has 14 heavy (non-hydrogen) atoms. The molecule has 0 atom stereocenters. The number of aliphatic hydroxyl groups is 1. The molecular formula is C6H7F3N2NaO2. The zero-order valence-corrected chi connectivity index (χ0v) is 9.63. The van der Waals surface area contributed by atoms with E-state index in [9.17, 15) is 13.2 Å². The van der Waals surface area contributed by atoms with Gasteiger partial charge in [-0.2, -0.15) is 18.3 Å². The Morgan fingerprint density at radius 2 is 1.93 bits per heavy atom. The molecule has 2 N–H and O–H groups in total. The molecule has 1 rings (SSSR count). The standard InChI is InChI=1S/C6H7F3N2O2.Na/c1-11-5(13)3(2-12)4(10-11)6(7,8)9;/h12-13H,2H2,1H3;. The first kappa shape index (κ1) is 13.8. The van der Waals surface area contributed by atoms with E-state index in [0.717, 1.165) is 7.05 Å². The van der Waals surface area contributed by atoms with Crippen molar-refractivity contribution >= 4 is 29.6 Å². The van der Waals surface area contributed by atoms with Gasteiger partial charge in [0.05, 0.1) is 12.2 Å². The SMILES string of the molecule is Cn1nc(C(F)(F)F)c(CO)c1O.[Na]. The van der Waals surface area contributed by atoms with Crippen molar-refractivity contribution in [3.63, 3.8) is 0 Å². The van der Waals surface area contributed by atoms with Gasteiger partial charge in [-0.25, -0.2) is 4.68 Å². The van der Waals surface area contributed by atoms with Crippen LogP contribution in [-0.2, 0) is 19.8 Å². The molecule has 8 heteroatoms. The van der Waals surface area contributed by atoms with Crippen LogP contribution in [0.2, 0.25) is 0 Å². The van der Waals surface area contributed by atoms with Gasteiger partial charge in [-0.15, -0.1) is 0 Å². The monoisotopic (exact) mass is 219 g/mol. The molecule has 0 amide bonds. The summed E-state index contributed by atoms with van der Waals surface area (Å²) in [6.07, 6.45) is -4.66. The molecule has 0 fully saturated rings. The average Bonchev–Trinajstić information content (AvgIpc) is 2.28. The van der Waals surface area contributed by atoms with Gasteiger partial charge < -0.3 is 10.2 Å². The van der Waals surface area contributed by atoms with Gasteiger partial charge in [0.2, 0.25) is 5.88 Å². The van der Waals surface area contributed by atoms with Gasteiger partial charge in [0.25, 0.3) is 0 Å². The molecule has 0 aliphatic heterocycles. The number of aliphatic hydroxyl groups excluding tert-OH is 1. The number of hydrogen-bond acceptors (Lipinski definition) is 3. The summed E-state index contributed by atoms with van der Waals surface area (Å²) in [6.45, 7) is -0.894. The molecule has 0 unspecified atom stereocenters. The number of aryl methyl sites for hydroxylation is 1. The second-order valence-corrected chi connectivity index (χ2v) is 2.43. The first-order valence-electron chi connectivity index (χ1n) is 3.30. The van der Waals surface area contributed by atoms with E-state index in [1.807, 2.05) is 0 Å². The maximum absolute atomic E-state index is 12.1. The fourth-order valence-electron chi connectivity index (χ4n) is 0.932. The van der Waals surface area contributed by atoms with Crippen LogP contribution in [0.5, 0.6) is 5.88 Å². The minimum atomic E-state index is -4.66. The van der Waals surface area contributed by atoms with Crippen molar-refractivity contribution < 1.29 is 23.4 Å². The van der Waals surface area contributed by atoms with E-state index in [2.05, 4.69) is 5.10 Å². The Hall–Kier alpha value is -0.240. The molecule has 4 nitrogen and oxygen atoms in total. The third kappa shape index (κ3) is 2.41. The van der Waals surface area contributed by atoms with Crippen molar-refractivity contribution in [2.24, 2.45) is 7.05 Å². The van der Waals surface area contributed by atoms with Crippen molar-refractivity contribution in [2.75, 3.05) is 0 Å². The Morgan fingerprint density at radius 3 is 2.21 bits per heavy atom. The van der Waals surface area contributed by atoms with Crippen molar-refractivity contribution in [3.8, 4) is 5.88 Å². The molecule has 1 aromatic rings. The molecule has 0 bridgehead atoms. The third-order valence-corrected chi connectivity index (χ3v) is 1.54. The molecule has 0 aliphatic carbocycles. The van der Waals surface area contributed by atoms with Crippen LogP contribution in [0.3, 0.4) is 0 Å². The second-order valence-electron chi connectivity index (χ2n) is 2.43. The van der Waals surface area contributed by atoms with E-state index in [1.165, 1.54) is 0 Å². The quantitative estimate of drug-likeness (QED) is 0.666. The Bertz CT molecular complexity index is 324. The van der Waals surface area contributed by atoms with Crippen molar-refractivity contribution in [1.82, 2.24) is 9.78 Å². The summed E-state index contributed by atoms with van der Waals surface area (Å²) >= 11 is 0. The Kier molecular flexibility index (Phi) is 4.44. The zero-order valence-electron chi connectivity index (χ0n) is 7.63. The molecule has 0 aliphatic rings. The number of alkyl halides is 3. The average molecular weight is 219 g/mol. The summed E-state index contributed by atoms with van der Waals surface area (Å²) in [5.74, 6) is -0.671. The zero-order chi connectivity index (χ0) is 10.2. The van der Waals surface area contributed by atoms with Gasteiger partial charge in [0, 0.05) is 36.6 Å². The van der Waals surface area contributed by atoms with Crippen LogP contribution in [0, 0.1) is 0 Å². The maximum Gasteiger partial charge on any atom is 0.435 e. The molecule has 1 aromatic heterocycles. The normalized spacial score (nSPS) is 11.2. The molecule has 0 aromatic carbocycles. The van der Waals surface area contributed by atoms with Crippen molar-refractivity contribution in [2.45, 2.75) is 12.8 Å². The van der Waals surface area contributed by atoms with E-state index in [-0.39, 0.29) is 29.6 Å². The minimum Gasteiger partial charge on any atom is -0.493 e. The fraction of sp³-hybridized carbons (Fsp3) is 0.500. The van der Waals surface area contributed by atoms with Gasteiger partial charge in [-0.1, -0.05) is 0 Å². The predicted octanol–water partition coefficient (Wildman–Crippen LogP) is 0.256. The molecule has 0 saturated carbocycles. The third-order valence-electron chi connectivity index (χ3n) is 1.54. The number of aromatic hydroxyl groups is 1. The largest absolute Gasteiger partial charge is 0.493 e. The first-order chi connectivity index (χ1) is 5.88. The van der Waals surface area contributed by atoms with Gasteiger partial charge in [0.1, 0.15) is 0 Å². The summed E-state index contributed by atoms with van der Waals surface area (Å²) in [4.78, 5) is 0. The van der Waals surface area contributed by atoms with Crippen molar-refractivity contribution in [1.29, 1.82) is 0 Å². The van der Waals surface area contributed by atoms with Gasteiger partial charge in [-0.3, -0.25) is 0 Å². The topological polar surface area (TPSA) is 58.3 Å².